The van der Waals surface area contributed by atoms with Crippen molar-refractivity contribution in [3.8, 4) is 11.5 Å². The summed E-state index contributed by atoms with van der Waals surface area (Å²) in [5.74, 6) is -0.902. The quantitative estimate of drug-likeness (QED) is 0.782. The van der Waals surface area contributed by atoms with E-state index in [-0.39, 0.29) is 10.6 Å². The number of fused-ring (bicyclic) bond motifs is 1. The van der Waals surface area contributed by atoms with Crippen molar-refractivity contribution in [2.75, 3.05) is 13.2 Å². The van der Waals surface area contributed by atoms with Crippen LogP contribution in [-0.4, -0.2) is 27.5 Å². The van der Waals surface area contributed by atoms with Gasteiger partial charge in [0.2, 0.25) is 0 Å². The molecule has 0 saturated carbocycles. The molecule has 3 rings (SSSR count). The Morgan fingerprint density at radius 2 is 1.80 bits per heavy atom. The van der Waals surface area contributed by atoms with Crippen LogP contribution in [0, 0.1) is 5.82 Å². The van der Waals surface area contributed by atoms with Crippen LogP contribution in [0.1, 0.15) is 10.4 Å². The van der Waals surface area contributed by atoms with Gasteiger partial charge >= 0.3 is 0 Å². The lowest BCUT2D eigenvalue weighted by atomic mass is 10.2. The number of nitrogens with one attached hydrogen (secondary N) is 2. The maximum absolute atomic E-state index is 13.7. The van der Waals surface area contributed by atoms with Gasteiger partial charge < -0.3 is 9.47 Å². The molecule has 0 bridgehead atoms. The Morgan fingerprint density at radius 1 is 1.08 bits per heavy atom. The molecule has 0 saturated heterocycles. The van der Waals surface area contributed by atoms with Crippen LogP contribution in [0.3, 0.4) is 0 Å². The predicted octanol–water partition coefficient (Wildman–Crippen LogP) is 1.87. The van der Waals surface area contributed by atoms with Crippen LogP contribution >= 0.6 is 11.6 Å². The molecule has 2 N–H and O–H groups in total. The molecule has 0 spiro atoms. The molecule has 0 atom stereocenters. The molecule has 0 aliphatic carbocycles. The number of hydrazine groups is 1. The first-order chi connectivity index (χ1) is 11.9. The number of hydrogen-bond acceptors (Lipinski definition) is 5. The highest BCUT2D eigenvalue weighted by molar-refractivity contribution is 7.89. The standard InChI is InChI=1S/C15H12ClFN2O5S/c16-10-2-4-14(11(17)8-10)25(21,22)19-18-15(20)9-1-3-12-13(7-9)24-6-5-23-12/h1-4,7-8,19H,5-6H2,(H,18,20). The van der Waals surface area contributed by atoms with Gasteiger partial charge in [0.25, 0.3) is 15.9 Å². The molecule has 7 nitrogen and oxygen atoms in total. The molecule has 1 heterocycles. The summed E-state index contributed by atoms with van der Waals surface area (Å²) in [6, 6.07) is 7.48. The van der Waals surface area contributed by atoms with Crippen molar-refractivity contribution in [2.24, 2.45) is 0 Å². The molecule has 25 heavy (non-hydrogen) atoms. The first kappa shape index (κ1) is 17.5. The normalized spacial score (nSPS) is 13.4. The molecule has 0 radical (unpaired) electrons. The molecule has 0 unspecified atom stereocenters. The highest BCUT2D eigenvalue weighted by Crippen LogP contribution is 2.30. The van der Waals surface area contributed by atoms with E-state index in [0.717, 1.165) is 12.1 Å². The van der Waals surface area contributed by atoms with Gasteiger partial charge in [-0.1, -0.05) is 11.6 Å². The Labute approximate surface area is 147 Å². The second-order valence-electron chi connectivity index (χ2n) is 4.99. The lowest BCUT2D eigenvalue weighted by Gasteiger charge is -2.18. The van der Waals surface area contributed by atoms with Crippen LogP contribution in [0.4, 0.5) is 4.39 Å². The fourth-order valence-electron chi connectivity index (χ4n) is 2.12. The van der Waals surface area contributed by atoms with Crippen molar-refractivity contribution < 1.29 is 27.1 Å². The minimum absolute atomic E-state index is 0.0526. The van der Waals surface area contributed by atoms with Gasteiger partial charge in [-0.05, 0) is 36.4 Å². The number of hydrogen-bond donors (Lipinski definition) is 2. The van der Waals surface area contributed by atoms with Gasteiger partial charge in [-0.25, -0.2) is 12.8 Å². The summed E-state index contributed by atoms with van der Waals surface area (Å²) in [6.07, 6.45) is 0. The van der Waals surface area contributed by atoms with E-state index in [9.17, 15) is 17.6 Å². The Balaban J connectivity index is 1.73. The van der Waals surface area contributed by atoms with Crippen LogP contribution in [0.25, 0.3) is 0 Å². The van der Waals surface area contributed by atoms with Crippen molar-refractivity contribution in [1.82, 2.24) is 10.3 Å². The SMILES string of the molecule is O=C(NNS(=O)(=O)c1ccc(Cl)cc1F)c1ccc2c(c1)OCCO2. The van der Waals surface area contributed by atoms with E-state index in [1.807, 2.05) is 10.3 Å². The van der Waals surface area contributed by atoms with E-state index in [1.165, 1.54) is 24.3 Å². The van der Waals surface area contributed by atoms with Crippen molar-refractivity contribution in [3.63, 3.8) is 0 Å². The molecule has 2 aromatic rings. The summed E-state index contributed by atoms with van der Waals surface area (Å²) in [5.41, 5.74) is 2.16. The number of ether oxygens (including phenoxy) is 2. The zero-order valence-electron chi connectivity index (χ0n) is 12.6. The molecule has 1 aliphatic rings. The van der Waals surface area contributed by atoms with E-state index in [2.05, 4.69) is 0 Å². The average Bonchev–Trinajstić information content (AvgIpc) is 2.59. The minimum atomic E-state index is -4.30. The smallest absolute Gasteiger partial charge is 0.266 e. The van der Waals surface area contributed by atoms with E-state index in [0.29, 0.717) is 24.7 Å². The number of rotatable bonds is 4. The first-order valence-corrected chi connectivity index (χ1v) is 8.90. The molecule has 0 fully saturated rings. The largest absolute Gasteiger partial charge is 0.486 e. The van der Waals surface area contributed by atoms with Crippen molar-refractivity contribution in [2.45, 2.75) is 4.90 Å². The first-order valence-electron chi connectivity index (χ1n) is 7.04. The van der Waals surface area contributed by atoms with Crippen molar-refractivity contribution >= 4 is 27.5 Å². The summed E-state index contributed by atoms with van der Waals surface area (Å²) in [5, 5.41) is 0.0526. The summed E-state index contributed by atoms with van der Waals surface area (Å²) in [6.45, 7) is 0.755. The van der Waals surface area contributed by atoms with Crippen LogP contribution in [-0.2, 0) is 10.0 Å². The molecular weight excluding hydrogens is 375 g/mol. The highest BCUT2D eigenvalue weighted by Gasteiger charge is 2.21. The zero-order chi connectivity index (χ0) is 18.0. The maximum Gasteiger partial charge on any atom is 0.266 e. The molecule has 1 aliphatic heterocycles. The van der Waals surface area contributed by atoms with Crippen LogP contribution < -0.4 is 19.7 Å². The summed E-state index contributed by atoms with van der Waals surface area (Å²) in [4.78, 5) is 13.3. The Kier molecular flexibility index (Phi) is 4.80. The van der Waals surface area contributed by atoms with Gasteiger partial charge in [0.15, 0.2) is 11.5 Å². The van der Waals surface area contributed by atoms with Gasteiger partial charge in [-0.15, -0.1) is 4.83 Å². The average molecular weight is 387 g/mol. The van der Waals surface area contributed by atoms with Crippen LogP contribution in [0.2, 0.25) is 5.02 Å². The van der Waals surface area contributed by atoms with Crippen molar-refractivity contribution in [3.05, 3.63) is 52.8 Å². The third-order valence-electron chi connectivity index (χ3n) is 3.29. The predicted molar refractivity (Wildman–Crippen MR) is 86.6 cm³/mol. The van der Waals surface area contributed by atoms with E-state index < -0.39 is 26.6 Å². The number of sulfonamides is 1. The topological polar surface area (TPSA) is 93.7 Å². The van der Waals surface area contributed by atoms with Crippen LogP contribution in [0.15, 0.2) is 41.3 Å². The number of halogens is 2. The maximum atomic E-state index is 13.7. The third kappa shape index (κ3) is 3.84. The third-order valence-corrected chi connectivity index (χ3v) is 4.80. The lowest BCUT2D eigenvalue weighted by molar-refractivity contribution is 0.0944. The summed E-state index contributed by atoms with van der Waals surface area (Å²) < 4.78 is 48.6. The van der Waals surface area contributed by atoms with Gasteiger partial charge in [-0.3, -0.25) is 10.2 Å². The highest BCUT2D eigenvalue weighted by atomic mass is 35.5. The van der Waals surface area contributed by atoms with E-state index >= 15 is 0 Å². The zero-order valence-corrected chi connectivity index (χ0v) is 14.2. The summed E-state index contributed by atoms with van der Waals surface area (Å²) >= 11 is 5.59. The van der Waals surface area contributed by atoms with Gasteiger partial charge in [0.1, 0.15) is 23.9 Å². The molecule has 0 aromatic heterocycles. The molecule has 1 amide bonds. The number of carbonyl (C=O) groups is 1. The van der Waals surface area contributed by atoms with Gasteiger partial charge in [-0.2, -0.15) is 0 Å². The second-order valence-corrected chi connectivity index (χ2v) is 7.08. The number of benzene rings is 2. The molecule has 132 valence electrons. The molecular formula is C15H12ClFN2O5S. The van der Waals surface area contributed by atoms with Gasteiger partial charge in [0, 0.05) is 10.6 Å². The second kappa shape index (κ2) is 6.87. The Bertz CT molecular complexity index is 936. The van der Waals surface area contributed by atoms with E-state index in [4.69, 9.17) is 21.1 Å². The monoisotopic (exact) mass is 386 g/mol. The Morgan fingerprint density at radius 3 is 2.52 bits per heavy atom. The summed E-state index contributed by atoms with van der Waals surface area (Å²) in [7, 11) is -4.30. The fourth-order valence-corrected chi connectivity index (χ4v) is 3.18. The Hall–Kier alpha value is -2.36. The molecule has 10 heteroatoms. The van der Waals surface area contributed by atoms with E-state index in [1.54, 1.807) is 0 Å². The fraction of sp³-hybridized carbons (Fsp3) is 0.133. The molecule has 2 aromatic carbocycles. The van der Waals surface area contributed by atoms with Gasteiger partial charge in [0.05, 0.1) is 0 Å². The van der Waals surface area contributed by atoms with Crippen LogP contribution in [0.5, 0.6) is 11.5 Å². The number of carbonyl (C=O) groups excluding carboxylic acids is 1. The minimum Gasteiger partial charge on any atom is -0.486 e. The van der Waals surface area contributed by atoms with Crippen molar-refractivity contribution in [1.29, 1.82) is 0 Å². The number of amides is 1. The lowest BCUT2D eigenvalue weighted by Crippen LogP contribution is -2.41.